The third-order valence-electron chi connectivity index (χ3n) is 0.711. The molecule has 0 fully saturated rings. The summed E-state index contributed by atoms with van der Waals surface area (Å²) >= 11 is 0. The lowest BCUT2D eigenvalue weighted by Crippen LogP contribution is -1.98. The summed E-state index contributed by atoms with van der Waals surface area (Å²) in [5, 5.41) is 0. The van der Waals surface area contributed by atoms with Crippen LogP contribution >= 0.6 is 0 Å². The van der Waals surface area contributed by atoms with Crippen LogP contribution in [0, 0.1) is 0 Å². The van der Waals surface area contributed by atoms with E-state index in [1.165, 1.54) is 6.92 Å². The van der Waals surface area contributed by atoms with Gasteiger partial charge in [0.05, 0.1) is 6.61 Å². The van der Waals surface area contributed by atoms with Crippen molar-refractivity contribution in [2.75, 3.05) is 6.61 Å². The Morgan fingerprint density at radius 3 is 2.38 bits per heavy atom. The van der Waals surface area contributed by atoms with Crippen LogP contribution in [0.25, 0.3) is 0 Å². The van der Waals surface area contributed by atoms with E-state index in [4.69, 9.17) is 4.74 Å². The van der Waals surface area contributed by atoms with E-state index < -0.39 is 0 Å². The molecule has 0 aromatic heterocycles. The van der Waals surface area contributed by atoms with E-state index in [0.717, 1.165) is 0 Å². The molecule has 0 aromatic carbocycles. The van der Waals surface area contributed by atoms with Gasteiger partial charge < -0.3 is 4.74 Å². The van der Waals surface area contributed by atoms with Gasteiger partial charge in [0.25, 0.3) is 0 Å². The van der Waals surface area contributed by atoms with Gasteiger partial charge in [-0.2, -0.15) is 0 Å². The Morgan fingerprint density at radius 2 is 2.25 bits per heavy atom. The molecule has 8 heavy (non-hydrogen) atoms. The molecule has 0 heterocycles. The highest BCUT2D eigenvalue weighted by Crippen LogP contribution is 1.92. The van der Waals surface area contributed by atoms with Crippen molar-refractivity contribution in [3.8, 4) is 0 Å². The van der Waals surface area contributed by atoms with Gasteiger partial charge in [-0.3, -0.25) is 4.79 Å². The lowest BCUT2D eigenvalue weighted by Gasteiger charge is -1.99. The zero-order chi connectivity index (χ0) is 6.57. The second-order valence-corrected chi connectivity index (χ2v) is 1.41. The first kappa shape index (κ1) is 7.21. The average molecular weight is 114 g/mol. The molecule has 0 aliphatic heterocycles. The van der Waals surface area contributed by atoms with Gasteiger partial charge in [-0.25, -0.2) is 0 Å². The summed E-state index contributed by atoms with van der Waals surface area (Å²) < 4.78 is 4.76. The van der Waals surface area contributed by atoms with E-state index in [2.05, 4.69) is 6.58 Å². The minimum absolute atomic E-state index is 0.105. The van der Waals surface area contributed by atoms with Crippen LogP contribution in [0.2, 0.25) is 0 Å². The van der Waals surface area contributed by atoms with E-state index in [-0.39, 0.29) is 11.5 Å². The number of rotatable bonds is 3. The third-order valence-corrected chi connectivity index (χ3v) is 0.711. The fourth-order valence-corrected chi connectivity index (χ4v) is 0.276. The lowest BCUT2D eigenvalue weighted by atomic mass is 10.4. The topological polar surface area (TPSA) is 26.3 Å². The van der Waals surface area contributed by atoms with E-state index in [9.17, 15) is 4.79 Å². The van der Waals surface area contributed by atoms with Gasteiger partial charge in [0.1, 0.15) is 0 Å². The largest absolute Gasteiger partial charge is 0.491 e. The molecule has 2 heteroatoms. The molecule has 0 N–H and O–H groups in total. The smallest absolute Gasteiger partial charge is 0.193 e. The van der Waals surface area contributed by atoms with Crippen LogP contribution < -0.4 is 0 Å². The van der Waals surface area contributed by atoms with E-state index >= 15 is 0 Å². The van der Waals surface area contributed by atoms with E-state index in [1.54, 1.807) is 0 Å². The maximum absolute atomic E-state index is 10.3. The molecule has 0 bridgehead atoms. The number of hydrogen-bond donors (Lipinski definition) is 0. The lowest BCUT2D eigenvalue weighted by molar-refractivity contribution is -0.116. The Bertz CT molecular complexity index is 105. The third kappa shape index (κ3) is 2.39. The Labute approximate surface area is 49.1 Å². The van der Waals surface area contributed by atoms with Crippen molar-refractivity contribution in [3.05, 3.63) is 12.3 Å². The van der Waals surface area contributed by atoms with Crippen molar-refractivity contribution in [1.82, 2.24) is 0 Å². The standard InChI is InChI=1S/C6H10O2/c1-4-8-6(3)5(2)7/h3-4H2,1-2H3. The molecule has 0 atom stereocenters. The number of carbonyl (C=O) groups excluding carboxylic acids is 1. The van der Waals surface area contributed by atoms with Gasteiger partial charge in [-0.05, 0) is 6.92 Å². The van der Waals surface area contributed by atoms with Crippen LogP contribution in [0.5, 0.6) is 0 Å². The van der Waals surface area contributed by atoms with Crippen molar-refractivity contribution in [1.29, 1.82) is 0 Å². The Kier molecular flexibility index (Phi) is 2.92. The molecule has 0 aromatic rings. The number of allylic oxidation sites excluding steroid dienone is 1. The summed E-state index contributed by atoms with van der Waals surface area (Å²) in [7, 11) is 0. The molecule has 0 unspecified atom stereocenters. The second kappa shape index (κ2) is 3.24. The zero-order valence-corrected chi connectivity index (χ0v) is 5.23. The minimum Gasteiger partial charge on any atom is -0.491 e. The van der Waals surface area contributed by atoms with Crippen molar-refractivity contribution < 1.29 is 9.53 Å². The summed E-state index contributed by atoms with van der Waals surface area (Å²) in [6.07, 6.45) is 0. The van der Waals surface area contributed by atoms with Crippen molar-refractivity contribution in [2.45, 2.75) is 13.8 Å². The fraction of sp³-hybridized carbons (Fsp3) is 0.500. The first-order valence-corrected chi connectivity index (χ1v) is 2.51. The normalized spacial score (nSPS) is 8.25. The van der Waals surface area contributed by atoms with Crippen LogP contribution in [0.4, 0.5) is 0 Å². The number of ether oxygens (including phenoxy) is 1. The van der Waals surface area contributed by atoms with Gasteiger partial charge in [0.15, 0.2) is 11.5 Å². The SMILES string of the molecule is C=C(OCC)C(C)=O. The monoisotopic (exact) mass is 114 g/mol. The van der Waals surface area contributed by atoms with E-state index in [1.807, 2.05) is 6.92 Å². The van der Waals surface area contributed by atoms with Crippen molar-refractivity contribution in [2.24, 2.45) is 0 Å². The van der Waals surface area contributed by atoms with Gasteiger partial charge in [-0.15, -0.1) is 0 Å². The maximum Gasteiger partial charge on any atom is 0.193 e. The van der Waals surface area contributed by atoms with Crippen LogP contribution in [-0.2, 0) is 9.53 Å². The van der Waals surface area contributed by atoms with Gasteiger partial charge in [0.2, 0.25) is 0 Å². The molecule has 0 aliphatic rings. The van der Waals surface area contributed by atoms with Crippen LogP contribution in [0.1, 0.15) is 13.8 Å². The Hall–Kier alpha value is -0.790. The van der Waals surface area contributed by atoms with Gasteiger partial charge >= 0.3 is 0 Å². The van der Waals surface area contributed by atoms with E-state index in [0.29, 0.717) is 6.61 Å². The predicted molar refractivity (Wildman–Crippen MR) is 31.4 cm³/mol. The molecule has 0 saturated heterocycles. The molecule has 0 rings (SSSR count). The highest BCUT2D eigenvalue weighted by molar-refractivity contribution is 5.90. The predicted octanol–water partition coefficient (Wildman–Crippen LogP) is 1.13. The molecule has 0 aliphatic carbocycles. The molecule has 2 nitrogen and oxygen atoms in total. The average Bonchev–Trinajstić information content (AvgIpc) is 1.67. The highest BCUT2D eigenvalue weighted by atomic mass is 16.5. The van der Waals surface area contributed by atoms with Crippen molar-refractivity contribution in [3.63, 3.8) is 0 Å². The maximum atomic E-state index is 10.3. The van der Waals surface area contributed by atoms with Crippen LogP contribution in [0.15, 0.2) is 12.3 Å². The molecule has 46 valence electrons. The first-order chi connectivity index (χ1) is 3.68. The van der Waals surface area contributed by atoms with Crippen molar-refractivity contribution >= 4 is 5.78 Å². The Balaban J connectivity index is 3.49. The van der Waals surface area contributed by atoms with Gasteiger partial charge in [0, 0.05) is 6.92 Å². The van der Waals surface area contributed by atoms with Crippen LogP contribution in [-0.4, -0.2) is 12.4 Å². The summed E-state index contributed by atoms with van der Waals surface area (Å²) in [4.78, 5) is 10.3. The summed E-state index contributed by atoms with van der Waals surface area (Å²) in [5.41, 5.74) is 0. The molecule has 0 radical (unpaired) electrons. The zero-order valence-electron chi connectivity index (χ0n) is 5.23. The fourth-order valence-electron chi connectivity index (χ4n) is 0.276. The summed E-state index contributed by atoms with van der Waals surface area (Å²) in [6.45, 7) is 7.13. The molecule has 0 amide bonds. The molecular weight excluding hydrogens is 104 g/mol. The number of ketones is 1. The summed E-state index contributed by atoms with van der Waals surface area (Å²) in [5.74, 6) is 0.138. The number of hydrogen-bond acceptors (Lipinski definition) is 2. The Morgan fingerprint density at radius 1 is 1.75 bits per heavy atom. The molecular formula is C6H10O2. The van der Waals surface area contributed by atoms with Gasteiger partial charge in [-0.1, -0.05) is 6.58 Å². The molecule has 0 spiro atoms. The number of carbonyl (C=O) groups is 1. The quantitative estimate of drug-likeness (QED) is 0.406. The highest BCUT2D eigenvalue weighted by Gasteiger charge is 1.96. The summed E-state index contributed by atoms with van der Waals surface area (Å²) in [6, 6.07) is 0. The molecule has 0 saturated carbocycles. The van der Waals surface area contributed by atoms with Crippen LogP contribution in [0.3, 0.4) is 0 Å². The second-order valence-electron chi connectivity index (χ2n) is 1.41. The first-order valence-electron chi connectivity index (χ1n) is 2.51. The minimum atomic E-state index is -0.105. The number of Topliss-reactive ketones (excluding diaryl/α,β-unsaturated/α-hetero) is 1.